The summed E-state index contributed by atoms with van der Waals surface area (Å²) in [6.07, 6.45) is 1.69. The number of hydrogen-bond donors (Lipinski definition) is 2. The van der Waals surface area contributed by atoms with Crippen molar-refractivity contribution in [3.63, 3.8) is 0 Å². The van der Waals surface area contributed by atoms with E-state index < -0.39 is 0 Å². The van der Waals surface area contributed by atoms with E-state index in [-0.39, 0.29) is 24.2 Å². The molecule has 2 atom stereocenters. The summed E-state index contributed by atoms with van der Waals surface area (Å²) >= 11 is 0. The molecule has 1 amide bonds. The fraction of sp³-hybridized carbons (Fsp3) is 0.562. The lowest BCUT2D eigenvalue weighted by molar-refractivity contribution is -0.120. The van der Waals surface area contributed by atoms with E-state index in [1.807, 2.05) is 0 Å². The minimum atomic E-state index is 0. The van der Waals surface area contributed by atoms with Crippen LogP contribution in [0.2, 0.25) is 0 Å². The summed E-state index contributed by atoms with van der Waals surface area (Å²) in [5.41, 5.74) is 0.644. The number of methoxy groups -OCH3 is 3. The van der Waals surface area contributed by atoms with Crippen LogP contribution in [-0.4, -0.2) is 39.8 Å². The number of benzene rings is 1. The van der Waals surface area contributed by atoms with Gasteiger partial charge in [0.1, 0.15) is 0 Å². The van der Waals surface area contributed by atoms with Crippen molar-refractivity contribution in [2.45, 2.75) is 25.8 Å². The van der Waals surface area contributed by atoms with Gasteiger partial charge in [-0.1, -0.05) is 0 Å². The fourth-order valence-corrected chi connectivity index (χ4v) is 2.77. The van der Waals surface area contributed by atoms with Gasteiger partial charge in [0.15, 0.2) is 11.5 Å². The standard InChI is InChI=1S/C16H24N2O4.ClH/c1-10-7-11(5-6-17-10)16(19)18-12-8-13(20-2)15(22-4)14(9-12)21-3;/h8-11,17H,5-7H2,1-4H3,(H,18,19);1H/t10-,11-;/m0./s1. The van der Waals surface area contributed by atoms with Crippen LogP contribution >= 0.6 is 12.4 Å². The quantitative estimate of drug-likeness (QED) is 0.858. The Kier molecular flexibility index (Phi) is 7.45. The fourth-order valence-electron chi connectivity index (χ4n) is 2.77. The van der Waals surface area contributed by atoms with Crippen molar-refractivity contribution in [1.82, 2.24) is 5.32 Å². The van der Waals surface area contributed by atoms with E-state index in [9.17, 15) is 4.79 Å². The third-order valence-corrected chi connectivity index (χ3v) is 3.93. The lowest BCUT2D eigenvalue weighted by Crippen LogP contribution is -2.40. The molecule has 1 fully saturated rings. The molecule has 7 heteroatoms. The second kappa shape index (κ2) is 8.84. The molecule has 1 heterocycles. The van der Waals surface area contributed by atoms with E-state index in [1.54, 1.807) is 33.5 Å². The van der Waals surface area contributed by atoms with Crippen LogP contribution in [0.1, 0.15) is 19.8 Å². The number of piperidine rings is 1. The number of hydrogen-bond acceptors (Lipinski definition) is 5. The molecule has 2 rings (SSSR count). The Labute approximate surface area is 143 Å². The minimum Gasteiger partial charge on any atom is -0.493 e. The highest BCUT2D eigenvalue weighted by Gasteiger charge is 2.25. The van der Waals surface area contributed by atoms with E-state index in [4.69, 9.17) is 14.2 Å². The first kappa shape index (κ1) is 19.4. The number of halogens is 1. The lowest BCUT2D eigenvalue weighted by atomic mass is 9.92. The van der Waals surface area contributed by atoms with Crippen LogP contribution in [0.15, 0.2) is 12.1 Å². The normalized spacial score (nSPS) is 20.2. The maximum atomic E-state index is 12.4. The maximum Gasteiger partial charge on any atom is 0.227 e. The summed E-state index contributed by atoms with van der Waals surface area (Å²) in [4.78, 5) is 12.4. The molecule has 6 nitrogen and oxygen atoms in total. The van der Waals surface area contributed by atoms with E-state index in [0.29, 0.717) is 29.0 Å². The Morgan fingerprint density at radius 1 is 1.17 bits per heavy atom. The summed E-state index contributed by atoms with van der Waals surface area (Å²) in [5, 5.41) is 6.30. The third-order valence-electron chi connectivity index (χ3n) is 3.93. The van der Waals surface area contributed by atoms with Crippen LogP contribution < -0.4 is 24.8 Å². The molecule has 23 heavy (non-hydrogen) atoms. The van der Waals surface area contributed by atoms with Gasteiger partial charge >= 0.3 is 0 Å². The monoisotopic (exact) mass is 344 g/mol. The first-order valence-corrected chi connectivity index (χ1v) is 7.43. The van der Waals surface area contributed by atoms with Gasteiger partial charge in [-0.3, -0.25) is 4.79 Å². The summed E-state index contributed by atoms with van der Waals surface area (Å²) < 4.78 is 15.9. The summed E-state index contributed by atoms with van der Waals surface area (Å²) in [7, 11) is 4.66. The molecule has 1 aliphatic rings. The molecule has 0 radical (unpaired) electrons. The van der Waals surface area contributed by atoms with Gasteiger partial charge in [-0.15, -0.1) is 12.4 Å². The molecule has 130 valence electrons. The van der Waals surface area contributed by atoms with Gasteiger partial charge in [0.05, 0.1) is 21.3 Å². The number of nitrogens with one attached hydrogen (secondary N) is 2. The molecule has 0 spiro atoms. The van der Waals surface area contributed by atoms with Crippen LogP contribution in [0.4, 0.5) is 5.69 Å². The number of ether oxygens (including phenoxy) is 3. The van der Waals surface area contributed by atoms with E-state index in [1.165, 1.54) is 0 Å². The minimum absolute atomic E-state index is 0. The highest BCUT2D eigenvalue weighted by molar-refractivity contribution is 5.93. The average molecular weight is 345 g/mol. The van der Waals surface area contributed by atoms with E-state index >= 15 is 0 Å². The van der Waals surface area contributed by atoms with Crippen molar-refractivity contribution >= 4 is 24.0 Å². The molecule has 0 saturated carbocycles. The zero-order chi connectivity index (χ0) is 16.1. The second-order valence-electron chi connectivity index (χ2n) is 5.48. The number of amides is 1. The Balaban J connectivity index is 0.00000264. The van der Waals surface area contributed by atoms with Gasteiger partial charge in [-0.05, 0) is 26.3 Å². The maximum absolute atomic E-state index is 12.4. The van der Waals surface area contributed by atoms with Crippen LogP contribution in [0.5, 0.6) is 17.2 Å². The molecule has 0 bridgehead atoms. The highest BCUT2D eigenvalue weighted by Crippen LogP contribution is 2.40. The largest absolute Gasteiger partial charge is 0.493 e. The molecule has 1 aliphatic heterocycles. The van der Waals surface area contributed by atoms with Crippen molar-refractivity contribution in [1.29, 1.82) is 0 Å². The summed E-state index contributed by atoms with van der Waals surface area (Å²) in [5.74, 6) is 1.61. The second-order valence-corrected chi connectivity index (χ2v) is 5.48. The van der Waals surface area contributed by atoms with Crippen LogP contribution in [-0.2, 0) is 4.79 Å². The predicted octanol–water partition coefficient (Wildman–Crippen LogP) is 2.46. The van der Waals surface area contributed by atoms with Gasteiger partial charge in [-0.2, -0.15) is 0 Å². The Morgan fingerprint density at radius 3 is 2.26 bits per heavy atom. The van der Waals surface area contributed by atoms with Gasteiger partial charge in [0.25, 0.3) is 0 Å². The number of anilines is 1. The molecule has 0 unspecified atom stereocenters. The number of carbonyl (C=O) groups is 1. The van der Waals surface area contributed by atoms with Crippen molar-refractivity contribution in [2.75, 3.05) is 33.2 Å². The van der Waals surface area contributed by atoms with Gasteiger partial charge < -0.3 is 24.8 Å². The molecule has 0 aliphatic carbocycles. The Bertz CT molecular complexity index is 514. The summed E-state index contributed by atoms with van der Waals surface area (Å²) in [6, 6.07) is 3.84. The number of rotatable bonds is 5. The first-order chi connectivity index (χ1) is 10.6. The molecule has 1 aromatic rings. The van der Waals surface area contributed by atoms with Gasteiger partial charge in [0.2, 0.25) is 11.7 Å². The zero-order valence-electron chi connectivity index (χ0n) is 14.0. The number of carbonyl (C=O) groups excluding carboxylic acids is 1. The molecular weight excluding hydrogens is 320 g/mol. The van der Waals surface area contributed by atoms with Crippen LogP contribution in [0.3, 0.4) is 0 Å². The molecule has 2 N–H and O–H groups in total. The van der Waals surface area contributed by atoms with Crippen molar-refractivity contribution < 1.29 is 19.0 Å². The van der Waals surface area contributed by atoms with Crippen molar-refractivity contribution in [3.8, 4) is 17.2 Å². The molecule has 0 aromatic heterocycles. The van der Waals surface area contributed by atoms with Gasteiger partial charge in [-0.25, -0.2) is 0 Å². The van der Waals surface area contributed by atoms with Crippen LogP contribution in [0, 0.1) is 5.92 Å². The Morgan fingerprint density at radius 2 is 1.78 bits per heavy atom. The Hall–Kier alpha value is -1.66. The zero-order valence-corrected chi connectivity index (χ0v) is 14.8. The molecule has 1 saturated heterocycles. The topological polar surface area (TPSA) is 68.8 Å². The smallest absolute Gasteiger partial charge is 0.227 e. The third kappa shape index (κ3) is 4.65. The molecule has 1 aromatic carbocycles. The average Bonchev–Trinajstić information content (AvgIpc) is 2.53. The van der Waals surface area contributed by atoms with Crippen molar-refractivity contribution in [2.24, 2.45) is 5.92 Å². The SMILES string of the molecule is COc1cc(NC(=O)[C@H]2CCN[C@@H](C)C2)cc(OC)c1OC.Cl. The highest BCUT2D eigenvalue weighted by atomic mass is 35.5. The predicted molar refractivity (Wildman–Crippen MR) is 92.2 cm³/mol. The lowest BCUT2D eigenvalue weighted by Gasteiger charge is -2.27. The first-order valence-electron chi connectivity index (χ1n) is 7.43. The summed E-state index contributed by atoms with van der Waals surface area (Å²) in [6.45, 7) is 2.97. The van der Waals surface area contributed by atoms with Crippen molar-refractivity contribution in [3.05, 3.63) is 12.1 Å². The van der Waals surface area contributed by atoms with Crippen LogP contribution in [0.25, 0.3) is 0 Å². The van der Waals surface area contributed by atoms with E-state index in [0.717, 1.165) is 19.4 Å². The molecular formula is C16H25ClN2O4. The van der Waals surface area contributed by atoms with E-state index in [2.05, 4.69) is 17.6 Å². The van der Waals surface area contributed by atoms with Gasteiger partial charge in [0, 0.05) is 29.8 Å².